The zero-order chi connectivity index (χ0) is 20.2. The van der Waals surface area contributed by atoms with Crippen LogP contribution in [0.4, 0.5) is 0 Å². The second kappa shape index (κ2) is 6.75. The van der Waals surface area contributed by atoms with Crippen LogP contribution in [0.3, 0.4) is 0 Å². The number of para-hydroxylation sites is 1. The Morgan fingerprint density at radius 2 is 2.17 bits per heavy atom. The number of hydrogen-bond donors (Lipinski definition) is 1. The highest BCUT2D eigenvalue weighted by atomic mass is 79.9. The number of nitrogens with zero attached hydrogens (tertiary/aromatic N) is 5. The van der Waals surface area contributed by atoms with Crippen LogP contribution >= 0.6 is 27.3 Å². The van der Waals surface area contributed by atoms with Crippen LogP contribution < -0.4 is 0 Å². The fourth-order valence-electron chi connectivity index (χ4n) is 4.05. The Morgan fingerprint density at radius 1 is 1.23 bits per heavy atom. The van der Waals surface area contributed by atoms with Crippen molar-refractivity contribution in [1.29, 1.82) is 0 Å². The number of H-pyrrole nitrogens is 1. The van der Waals surface area contributed by atoms with Crippen molar-refractivity contribution >= 4 is 48.9 Å². The van der Waals surface area contributed by atoms with E-state index < -0.39 is 0 Å². The Labute approximate surface area is 183 Å². The molecular formula is C21H15BrN6OS. The zero-order valence-corrected chi connectivity index (χ0v) is 18.0. The fraction of sp³-hybridized carbons (Fsp3) is 0.143. The minimum Gasteiger partial charge on any atom is -0.348 e. The van der Waals surface area contributed by atoms with E-state index in [2.05, 4.69) is 31.0 Å². The van der Waals surface area contributed by atoms with Gasteiger partial charge >= 0.3 is 0 Å². The Bertz CT molecular complexity index is 1420. The summed E-state index contributed by atoms with van der Waals surface area (Å²) in [5.41, 5.74) is 4.20. The molecule has 0 spiro atoms. The molecule has 5 heterocycles. The normalized spacial score (nSPS) is 16.3. The molecule has 7 nitrogen and oxygen atoms in total. The Kier molecular flexibility index (Phi) is 4.00. The highest BCUT2D eigenvalue weighted by Gasteiger charge is 2.37. The lowest BCUT2D eigenvalue weighted by Crippen LogP contribution is -2.40. The number of thiazole rings is 1. The summed E-state index contributed by atoms with van der Waals surface area (Å²) in [6.45, 7) is 0.583. The number of fused-ring (bicyclic) bond motifs is 3. The summed E-state index contributed by atoms with van der Waals surface area (Å²) < 4.78 is 3.74. The fourth-order valence-corrected chi connectivity index (χ4v) is 5.75. The summed E-state index contributed by atoms with van der Waals surface area (Å²) in [5, 5.41) is 5.20. The maximum absolute atomic E-state index is 13.7. The predicted octanol–water partition coefficient (Wildman–Crippen LogP) is 4.22. The molecule has 0 fully saturated rings. The lowest BCUT2D eigenvalue weighted by Gasteiger charge is -2.33. The smallest absolute Gasteiger partial charge is 0.258 e. The molecule has 30 heavy (non-hydrogen) atoms. The van der Waals surface area contributed by atoms with E-state index in [0.29, 0.717) is 12.1 Å². The van der Waals surface area contributed by atoms with E-state index in [1.165, 1.54) is 0 Å². The molecule has 1 aliphatic rings. The third kappa shape index (κ3) is 2.62. The van der Waals surface area contributed by atoms with E-state index in [4.69, 9.17) is 4.98 Å². The number of nitrogens with one attached hydrogen (secondary N) is 1. The van der Waals surface area contributed by atoms with E-state index in [1.807, 2.05) is 47.5 Å². The van der Waals surface area contributed by atoms with Crippen LogP contribution in [0.5, 0.6) is 0 Å². The first kappa shape index (κ1) is 17.8. The van der Waals surface area contributed by atoms with Crippen molar-refractivity contribution in [3.63, 3.8) is 0 Å². The summed E-state index contributed by atoms with van der Waals surface area (Å²) in [4.78, 5) is 28.2. The molecule has 0 saturated carbocycles. The molecule has 1 amide bonds. The minimum atomic E-state index is -0.338. The first-order valence-electron chi connectivity index (χ1n) is 9.51. The SMILES string of the molecule is O=C(c1cnn2ccccc12)N1CCc2[nH]cnc2[C@H]1c1nc2c(Br)cccc2s1. The van der Waals surface area contributed by atoms with Gasteiger partial charge in [0.2, 0.25) is 0 Å². The Balaban J connectivity index is 1.50. The molecule has 0 saturated heterocycles. The highest BCUT2D eigenvalue weighted by molar-refractivity contribution is 9.10. The topological polar surface area (TPSA) is 79.2 Å². The molecule has 0 unspecified atom stereocenters. The van der Waals surface area contributed by atoms with Crippen LogP contribution in [0, 0.1) is 0 Å². The van der Waals surface area contributed by atoms with E-state index in [-0.39, 0.29) is 11.9 Å². The highest BCUT2D eigenvalue weighted by Crippen LogP contribution is 2.39. The van der Waals surface area contributed by atoms with Gasteiger partial charge in [-0.3, -0.25) is 4.79 Å². The van der Waals surface area contributed by atoms with Crippen LogP contribution in [-0.4, -0.2) is 41.9 Å². The van der Waals surface area contributed by atoms with Crippen LogP contribution in [0.15, 0.2) is 59.6 Å². The number of halogens is 1. The van der Waals surface area contributed by atoms with Gasteiger partial charge in [0, 0.05) is 29.3 Å². The molecule has 6 rings (SSSR count). The number of aromatic nitrogens is 5. The number of imidazole rings is 1. The second-order valence-corrected chi connectivity index (χ2v) is 9.06. The summed E-state index contributed by atoms with van der Waals surface area (Å²) in [6, 6.07) is 11.4. The van der Waals surface area contributed by atoms with Gasteiger partial charge in [-0.1, -0.05) is 12.1 Å². The van der Waals surface area contributed by atoms with Crippen molar-refractivity contribution in [3.8, 4) is 0 Å². The monoisotopic (exact) mass is 478 g/mol. The molecule has 0 aliphatic carbocycles. The molecule has 0 radical (unpaired) electrons. The number of carbonyl (C=O) groups is 1. The van der Waals surface area contributed by atoms with Gasteiger partial charge in [-0.25, -0.2) is 14.5 Å². The van der Waals surface area contributed by atoms with Gasteiger partial charge in [0.05, 0.1) is 39.5 Å². The van der Waals surface area contributed by atoms with Crippen molar-refractivity contribution in [2.75, 3.05) is 6.54 Å². The van der Waals surface area contributed by atoms with Gasteiger partial charge in [-0.05, 0) is 40.2 Å². The molecule has 9 heteroatoms. The van der Waals surface area contributed by atoms with Crippen molar-refractivity contribution in [2.45, 2.75) is 12.5 Å². The van der Waals surface area contributed by atoms with Gasteiger partial charge in [-0.2, -0.15) is 5.10 Å². The molecule has 1 aromatic carbocycles. The molecule has 4 aromatic heterocycles. The first-order chi connectivity index (χ1) is 14.7. The number of hydrogen-bond acceptors (Lipinski definition) is 5. The van der Waals surface area contributed by atoms with E-state index in [1.54, 1.807) is 28.4 Å². The maximum atomic E-state index is 13.7. The van der Waals surface area contributed by atoms with E-state index in [0.717, 1.165) is 43.0 Å². The zero-order valence-electron chi connectivity index (χ0n) is 15.6. The molecule has 1 aliphatic heterocycles. The van der Waals surface area contributed by atoms with Crippen LogP contribution in [0.1, 0.15) is 32.8 Å². The maximum Gasteiger partial charge on any atom is 0.258 e. The average Bonchev–Trinajstić information content (AvgIpc) is 3.50. The van der Waals surface area contributed by atoms with Gasteiger partial charge in [0.25, 0.3) is 5.91 Å². The van der Waals surface area contributed by atoms with Crippen molar-refractivity contribution < 1.29 is 4.79 Å². The second-order valence-electron chi connectivity index (χ2n) is 7.14. The van der Waals surface area contributed by atoms with Gasteiger partial charge in [0.1, 0.15) is 11.0 Å². The van der Waals surface area contributed by atoms with Gasteiger partial charge in [-0.15, -0.1) is 11.3 Å². The first-order valence-corrected chi connectivity index (χ1v) is 11.1. The molecule has 5 aromatic rings. The predicted molar refractivity (Wildman–Crippen MR) is 118 cm³/mol. The number of amides is 1. The Morgan fingerprint density at radius 3 is 3.07 bits per heavy atom. The summed E-state index contributed by atoms with van der Waals surface area (Å²) >= 11 is 5.19. The van der Waals surface area contributed by atoms with Crippen LogP contribution in [0.25, 0.3) is 15.7 Å². The van der Waals surface area contributed by atoms with Crippen LogP contribution in [0.2, 0.25) is 0 Å². The summed E-state index contributed by atoms with van der Waals surface area (Å²) in [6.07, 6.45) is 5.91. The molecule has 0 bridgehead atoms. The largest absolute Gasteiger partial charge is 0.348 e. The molecule has 1 atom stereocenters. The van der Waals surface area contributed by atoms with Crippen molar-refractivity contribution in [2.24, 2.45) is 0 Å². The summed E-state index contributed by atoms with van der Waals surface area (Å²) in [5.74, 6) is -0.0619. The number of pyridine rings is 1. The number of benzene rings is 1. The van der Waals surface area contributed by atoms with Crippen molar-refractivity contribution in [1.82, 2.24) is 29.5 Å². The average molecular weight is 479 g/mol. The third-order valence-electron chi connectivity index (χ3n) is 5.46. The quantitative estimate of drug-likeness (QED) is 0.411. The lowest BCUT2D eigenvalue weighted by atomic mass is 10.0. The van der Waals surface area contributed by atoms with Crippen molar-refractivity contribution in [3.05, 3.63) is 81.6 Å². The third-order valence-corrected chi connectivity index (χ3v) is 7.18. The summed E-state index contributed by atoms with van der Waals surface area (Å²) in [7, 11) is 0. The number of carbonyl (C=O) groups excluding carboxylic acids is 1. The number of aromatic amines is 1. The standard InChI is InChI=1S/C21H15BrN6OS/c22-13-4-3-6-16-17(13)26-20(30-16)19-18-14(23-11-24-18)7-9-27(19)21(29)12-10-25-28-8-2-1-5-15(12)28/h1-6,8,10-11,19H,7,9H2,(H,23,24)/t19-/m0/s1. The van der Waals surface area contributed by atoms with E-state index in [9.17, 15) is 4.79 Å². The van der Waals surface area contributed by atoms with Gasteiger partial charge in [0.15, 0.2) is 0 Å². The lowest BCUT2D eigenvalue weighted by molar-refractivity contribution is 0.0692. The molecule has 1 N–H and O–H groups in total. The van der Waals surface area contributed by atoms with Gasteiger partial charge < -0.3 is 9.88 Å². The number of rotatable bonds is 2. The molecular weight excluding hydrogens is 464 g/mol. The van der Waals surface area contributed by atoms with Crippen LogP contribution in [-0.2, 0) is 6.42 Å². The van der Waals surface area contributed by atoms with E-state index >= 15 is 0 Å². The Hall–Kier alpha value is -3.04. The minimum absolute atomic E-state index is 0.0619. The molecule has 148 valence electrons.